The molecule has 0 aromatic heterocycles. The van der Waals surface area contributed by atoms with Crippen molar-refractivity contribution < 1.29 is 13.6 Å². The van der Waals surface area contributed by atoms with Gasteiger partial charge in [0.1, 0.15) is 11.6 Å². The van der Waals surface area contributed by atoms with Gasteiger partial charge in [-0.15, -0.1) is 0 Å². The van der Waals surface area contributed by atoms with Crippen molar-refractivity contribution in [3.05, 3.63) is 34.9 Å². The fourth-order valence-electron chi connectivity index (χ4n) is 1.35. The lowest BCUT2D eigenvalue weighted by Gasteiger charge is -2.07. The standard InChI is InChI=1S/C12H14F2INO/c1-8-6-9(11(14)7-10(8)13)12(17)16-5-3-2-4-15/h6-7H,2-5H2,1H3,(H,16,17). The highest BCUT2D eigenvalue weighted by atomic mass is 127. The Morgan fingerprint density at radius 2 is 2.00 bits per heavy atom. The van der Waals surface area contributed by atoms with E-state index in [1.807, 2.05) is 0 Å². The van der Waals surface area contributed by atoms with E-state index in [9.17, 15) is 13.6 Å². The van der Waals surface area contributed by atoms with Crippen LogP contribution in [-0.2, 0) is 0 Å². The second-order valence-corrected chi connectivity index (χ2v) is 4.81. The van der Waals surface area contributed by atoms with Crippen LogP contribution in [-0.4, -0.2) is 16.9 Å². The summed E-state index contributed by atoms with van der Waals surface area (Å²) in [6, 6.07) is 1.98. The number of aryl methyl sites for hydroxylation is 1. The van der Waals surface area contributed by atoms with Gasteiger partial charge in [0.15, 0.2) is 0 Å². The first kappa shape index (κ1) is 14.3. The average molecular weight is 353 g/mol. The maximum absolute atomic E-state index is 13.4. The van der Waals surface area contributed by atoms with E-state index in [0.717, 1.165) is 23.3 Å². The molecule has 1 aromatic rings. The maximum atomic E-state index is 13.4. The van der Waals surface area contributed by atoms with Gasteiger partial charge in [-0.05, 0) is 35.8 Å². The minimum absolute atomic E-state index is 0.0987. The molecule has 0 saturated heterocycles. The first-order valence-electron chi connectivity index (χ1n) is 5.36. The molecule has 5 heteroatoms. The normalized spacial score (nSPS) is 10.4. The Bertz CT molecular complexity index is 410. The van der Waals surface area contributed by atoms with E-state index in [4.69, 9.17) is 0 Å². The summed E-state index contributed by atoms with van der Waals surface area (Å²) in [5.41, 5.74) is 0.169. The number of amides is 1. The van der Waals surface area contributed by atoms with Gasteiger partial charge in [0, 0.05) is 12.6 Å². The molecular formula is C12H14F2INO. The van der Waals surface area contributed by atoms with Crippen LogP contribution >= 0.6 is 22.6 Å². The maximum Gasteiger partial charge on any atom is 0.254 e. The second kappa shape index (κ2) is 6.88. The Morgan fingerprint density at radius 3 is 2.65 bits per heavy atom. The number of hydrogen-bond donors (Lipinski definition) is 1. The largest absolute Gasteiger partial charge is 0.352 e. The number of nitrogens with one attached hydrogen (secondary N) is 1. The molecule has 0 radical (unpaired) electrons. The van der Waals surface area contributed by atoms with Crippen LogP contribution in [0.15, 0.2) is 12.1 Å². The van der Waals surface area contributed by atoms with Gasteiger partial charge in [-0.3, -0.25) is 4.79 Å². The summed E-state index contributed by atoms with van der Waals surface area (Å²) in [4.78, 5) is 11.6. The summed E-state index contributed by atoms with van der Waals surface area (Å²) in [5, 5.41) is 2.62. The van der Waals surface area contributed by atoms with Crippen molar-refractivity contribution in [3.8, 4) is 0 Å². The number of carbonyl (C=O) groups is 1. The Hall–Kier alpha value is -0.720. The van der Waals surface area contributed by atoms with Crippen LogP contribution in [0.1, 0.15) is 28.8 Å². The molecule has 17 heavy (non-hydrogen) atoms. The summed E-state index contributed by atoms with van der Waals surface area (Å²) in [6.07, 6.45) is 1.86. The van der Waals surface area contributed by atoms with Crippen molar-refractivity contribution in [2.45, 2.75) is 19.8 Å². The van der Waals surface area contributed by atoms with Gasteiger partial charge in [0.2, 0.25) is 0 Å². The van der Waals surface area contributed by atoms with Crippen molar-refractivity contribution in [3.63, 3.8) is 0 Å². The van der Waals surface area contributed by atoms with E-state index in [1.165, 1.54) is 13.0 Å². The molecule has 0 unspecified atom stereocenters. The summed E-state index contributed by atoms with van der Waals surface area (Å²) in [5.74, 6) is -1.94. The summed E-state index contributed by atoms with van der Waals surface area (Å²) in [6.45, 7) is 2.01. The summed E-state index contributed by atoms with van der Waals surface area (Å²) in [7, 11) is 0. The molecule has 0 bridgehead atoms. The highest BCUT2D eigenvalue weighted by molar-refractivity contribution is 14.1. The second-order valence-electron chi connectivity index (χ2n) is 3.73. The summed E-state index contributed by atoms with van der Waals surface area (Å²) < 4.78 is 27.4. The van der Waals surface area contributed by atoms with Crippen LogP contribution in [0, 0.1) is 18.6 Å². The van der Waals surface area contributed by atoms with Crippen molar-refractivity contribution in [1.82, 2.24) is 5.32 Å². The van der Waals surface area contributed by atoms with Crippen molar-refractivity contribution >= 4 is 28.5 Å². The topological polar surface area (TPSA) is 29.1 Å². The van der Waals surface area contributed by atoms with Gasteiger partial charge in [-0.2, -0.15) is 0 Å². The molecule has 0 fully saturated rings. The first-order valence-corrected chi connectivity index (χ1v) is 6.88. The molecule has 0 aliphatic carbocycles. The molecule has 1 N–H and O–H groups in total. The lowest BCUT2D eigenvalue weighted by atomic mass is 10.1. The van der Waals surface area contributed by atoms with Gasteiger partial charge >= 0.3 is 0 Å². The molecule has 0 atom stereocenters. The number of carbonyl (C=O) groups excluding carboxylic acids is 1. The molecule has 1 amide bonds. The number of halogens is 3. The number of benzene rings is 1. The van der Waals surface area contributed by atoms with Crippen LogP contribution < -0.4 is 5.32 Å². The lowest BCUT2D eigenvalue weighted by molar-refractivity contribution is 0.0949. The van der Waals surface area contributed by atoms with Crippen LogP contribution in [0.2, 0.25) is 0 Å². The average Bonchev–Trinajstić information content (AvgIpc) is 2.29. The molecule has 2 nitrogen and oxygen atoms in total. The van der Waals surface area contributed by atoms with Crippen LogP contribution in [0.5, 0.6) is 0 Å². The van der Waals surface area contributed by atoms with Crippen LogP contribution in [0.4, 0.5) is 8.78 Å². The van der Waals surface area contributed by atoms with Gasteiger partial charge < -0.3 is 5.32 Å². The molecular weight excluding hydrogens is 339 g/mol. The van der Waals surface area contributed by atoms with Gasteiger partial charge in [0.25, 0.3) is 5.91 Å². The molecule has 0 heterocycles. The smallest absolute Gasteiger partial charge is 0.254 e. The number of alkyl halides is 1. The zero-order valence-corrected chi connectivity index (χ0v) is 11.7. The summed E-state index contributed by atoms with van der Waals surface area (Å²) >= 11 is 2.25. The van der Waals surface area contributed by atoms with E-state index in [-0.39, 0.29) is 11.1 Å². The van der Waals surface area contributed by atoms with Crippen LogP contribution in [0.25, 0.3) is 0 Å². The quantitative estimate of drug-likeness (QED) is 0.492. The minimum atomic E-state index is -0.820. The Kier molecular flexibility index (Phi) is 5.80. The molecule has 1 rings (SSSR count). The zero-order valence-electron chi connectivity index (χ0n) is 9.53. The van der Waals surface area contributed by atoms with Crippen LogP contribution in [0.3, 0.4) is 0 Å². The van der Waals surface area contributed by atoms with Gasteiger partial charge in [-0.1, -0.05) is 22.6 Å². The number of rotatable bonds is 5. The molecule has 0 aliphatic rings. The third-order valence-electron chi connectivity index (χ3n) is 2.34. The molecule has 0 aliphatic heterocycles. The van der Waals surface area contributed by atoms with E-state index < -0.39 is 17.5 Å². The number of hydrogen-bond acceptors (Lipinski definition) is 1. The minimum Gasteiger partial charge on any atom is -0.352 e. The highest BCUT2D eigenvalue weighted by Gasteiger charge is 2.13. The Balaban J connectivity index is 2.66. The number of unbranched alkanes of at least 4 members (excludes halogenated alkanes) is 1. The van der Waals surface area contributed by atoms with E-state index in [1.54, 1.807) is 0 Å². The first-order chi connectivity index (χ1) is 8.06. The third-order valence-corrected chi connectivity index (χ3v) is 3.10. The van der Waals surface area contributed by atoms with Gasteiger partial charge in [-0.25, -0.2) is 8.78 Å². The van der Waals surface area contributed by atoms with E-state index in [0.29, 0.717) is 6.54 Å². The predicted molar refractivity (Wildman–Crippen MR) is 71.5 cm³/mol. The predicted octanol–water partition coefficient (Wildman–Crippen LogP) is 3.22. The van der Waals surface area contributed by atoms with Crippen molar-refractivity contribution in [2.24, 2.45) is 0 Å². The third kappa shape index (κ3) is 4.22. The van der Waals surface area contributed by atoms with Crippen molar-refractivity contribution in [2.75, 3.05) is 11.0 Å². The van der Waals surface area contributed by atoms with Gasteiger partial charge in [0.05, 0.1) is 5.56 Å². The Labute approximate surface area is 113 Å². The molecule has 0 saturated carbocycles. The fourth-order valence-corrected chi connectivity index (χ4v) is 1.89. The molecule has 94 valence electrons. The molecule has 1 aromatic carbocycles. The Morgan fingerprint density at radius 1 is 1.29 bits per heavy atom. The molecule has 0 spiro atoms. The van der Waals surface area contributed by atoms with Crippen molar-refractivity contribution in [1.29, 1.82) is 0 Å². The zero-order chi connectivity index (χ0) is 12.8. The fraction of sp³-hybridized carbons (Fsp3) is 0.417. The SMILES string of the molecule is Cc1cc(C(=O)NCCCCI)c(F)cc1F. The van der Waals surface area contributed by atoms with E-state index >= 15 is 0 Å². The van der Waals surface area contributed by atoms with E-state index in [2.05, 4.69) is 27.9 Å². The highest BCUT2D eigenvalue weighted by Crippen LogP contribution is 2.14. The lowest BCUT2D eigenvalue weighted by Crippen LogP contribution is -2.25. The monoisotopic (exact) mass is 353 g/mol.